The Kier molecular flexibility index (Phi) is 5.23. The molecule has 4 rings (SSSR count). The van der Waals surface area contributed by atoms with Gasteiger partial charge in [-0.2, -0.15) is 0 Å². The normalized spacial score (nSPS) is 16.4. The average molecular weight is 376 g/mol. The lowest BCUT2D eigenvalue weighted by Gasteiger charge is -2.18. The Morgan fingerprint density at radius 3 is 2.75 bits per heavy atom. The van der Waals surface area contributed by atoms with Crippen molar-refractivity contribution in [2.45, 2.75) is 39.3 Å². The maximum atomic E-state index is 12.8. The van der Waals surface area contributed by atoms with Crippen molar-refractivity contribution in [3.8, 4) is 0 Å². The molecule has 2 N–H and O–H groups in total. The topological polar surface area (TPSA) is 48.1 Å². The van der Waals surface area contributed by atoms with E-state index in [0.29, 0.717) is 12.5 Å². The molecule has 0 fully saturated rings. The molecule has 1 heterocycles. The first-order valence-electron chi connectivity index (χ1n) is 10.1. The van der Waals surface area contributed by atoms with Crippen molar-refractivity contribution in [3.63, 3.8) is 0 Å². The van der Waals surface area contributed by atoms with Gasteiger partial charge in [-0.3, -0.25) is 4.79 Å². The number of rotatable bonds is 5. The number of aryl methyl sites for hydroxylation is 1. The van der Waals surface area contributed by atoms with Crippen LogP contribution in [0.4, 0.5) is 0 Å². The third-order valence-corrected chi connectivity index (χ3v) is 5.74. The molecule has 0 spiro atoms. The molecule has 2 aromatic carbocycles. The van der Waals surface area contributed by atoms with E-state index in [9.17, 15) is 4.79 Å². The van der Waals surface area contributed by atoms with Crippen molar-refractivity contribution in [1.29, 1.82) is 0 Å². The summed E-state index contributed by atoms with van der Waals surface area (Å²) in [4.78, 5) is 18.5. The van der Waals surface area contributed by atoms with Gasteiger partial charge in [0.15, 0.2) is 0 Å². The van der Waals surface area contributed by atoms with E-state index in [1.54, 1.807) is 0 Å². The predicted octanol–water partition coefficient (Wildman–Crippen LogP) is 4.28. The van der Waals surface area contributed by atoms with E-state index in [2.05, 4.69) is 54.4 Å². The third-order valence-electron chi connectivity index (χ3n) is 5.74. The second-order valence-electron chi connectivity index (χ2n) is 8.38. The Morgan fingerprint density at radius 2 is 1.96 bits per heavy atom. The van der Waals surface area contributed by atoms with Gasteiger partial charge in [-0.1, -0.05) is 31.2 Å². The largest absolute Gasteiger partial charge is 0.358 e. The van der Waals surface area contributed by atoms with Crippen molar-refractivity contribution in [2.75, 3.05) is 14.1 Å². The van der Waals surface area contributed by atoms with Gasteiger partial charge in [-0.25, -0.2) is 0 Å². The Bertz CT molecular complexity index is 1000. The van der Waals surface area contributed by atoms with Gasteiger partial charge in [0.2, 0.25) is 0 Å². The summed E-state index contributed by atoms with van der Waals surface area (Å²) in [6.07, 6.45) is 3.44. The number of hydrogen-bond acceptors (Lipinski definition) is 2. The van der Waals surface area contributed by atoms with Crippen LogP contribution in [0.15, 0.2) is 42.5 Å². The van der Waals surface area contributed by atoms with E-state index >= 15 is 0 Å². The first-order chi connectivity index (χ1) is 13.5. The van der Waals surface area contributed by atoms with Crippen molar-refractivity contribution >= 4 is 16.8 Å². The SMILES string of the molecule is C[C@@H]1CCc2[nH]c3ccc(C(=O)NCc4ccccc4CN(C)C)cc3c2C1. The minimum absolute atomic E-state index is 0.0136. The van der Waals surface area contributed by atoms with Gasteiger partial charge < -0.3 is 15.2 Å². The van der Waals surface area contributed by atoms with Crippen LogP contribution < -0.4 is 5.32 Å². The van der Waals surface area contributed by atoms with Gasteiger partial charge in [0.25, 0.3) is 5.91 Å². The Labute approximate surface area is 166 Å². The molecule has 4 heteroatoms. The van der Waals surface area contributed by atoms with E-state index in [0.717, 1.165) is 30.5 Å². The summed E-state index contributed by atoms with van der Waals surface area (Å²) >= 11 is 0. The third kappa shape index (κ3) is 3.83. The Morgan fingerprint density at radius 1 is 1.18 bits per heavy atom. The highest BCUT2D eigenvalue weighted by molar-refractivity contribution is 5.99. The van der Waals surface area contributed by atoms with Crippen LogP contribution in [0.2, 0.25) is 0 Å². The van der Waals surface area contributed by atoms with Crippen LogP contribution in [0.5, 0.6) is 0 Å². The van der Waals surface area contributed by atoms with Crippen molar-refractivity contribution in [2.24, 2.45) is 5.92 Å². The number of benzene rings is 2. The van der Waals surface area contributed by atoms with Gasteiger partial charge >= 0.3 is 0 Å². The highest BCUT2D eigenvalue weighted by Crippen LogP contribution is 2.32. The molecule has 146 valence electrons. The number of nitrogens with one attached hydrogen (secondary N) is 2. The van der Waals surface area contributed by atoms with E-state index < -0.39 is 0 Å². The summed E-state index contributed by atoms with van der Waals surface area (Å²) in [5.74, 6) is 0.692. The first-order valence-corrected chi connectivity index (χ1v) is 10.1. The zero-order valence-electron chi connectivity index (χ0n) is 17.0. The molecule has 1 aliphatic carbocycles. The molecule has 4 nitrogen and oxygen atoms in total. The lowest BCUT2D eigenvalue weighted by molar-refractivity contribution is 0.0951. The lowest BCUT2D eigenvalue weighted by Crippen LogP contribution is -2.24. The molecule has 0 bridgehead atoms. The van der Waals surface area contributed by atoms with Crippen LogP contribution in [0.25, 0.3) is 10.9 Å². The standard InChI is InChI=1S/C24H29N3O/c1-16-8-10-22-20(12-16)21-13-17(9-11-23(21)26-22)24(28)25-14-18-6-4-5-7-19(18)15-27(2)3/h4-7,9,11,13,16,26H,8,10,12,14-15H2,1-3H3,(H,25,28)/t16-/m1/s1. The number of aromatic amines is 1. The van der Waals surface area contributed by atoms with Gasteiger partial charge in [-0.05, 0) is 74.2 Å². The zero-order chi connectivity index (χ0) is 19.7. The van der Waals surface area contributed by atoms with Crippen LogP contribution in [0.1, 0.15) is 46.1 Å². The van der Waals surface area contributed by atoms with E-state index in [-0.39, 0.29) is 5.91 Å². The number of H-pyrrole nitrogens is 1. The molecule has 0 saturated heterocycles. The lowest BCUT2D eigenvalue weighted by atomic mass is 9.87. The molecule has 1 aliphatic rings. The number of fused-ring (bicyclic) bond motifs is 3. The molecule has 0 unspecified atom stereocenters. The Balaban J connectivity index is 1.53. The number of hydrogen-bond donors (Lipinski definition) is 2. The van der Waals surface area contributed by atoms with Crippen LogP contribution in [-0.2, 0) is 25.9 Å². The summed E-state index contributed by atoms with van der Waals surface area (Å²) in [6.45, 7) is 3.72. The van der Waals surface area contributed by atoms with Crippen LogP contribution in [-0.4, -0.2) is 29.9 Å². The average Bonchev–Trinajstić information content (AvgIpc) is 3.03. The number of carbonyl (C=O) groups excluding carboxylic acids is 1. The van der Waals surface area contributed by atoms with Crippen LogP contribution in [0.3, 0.4) is 0 Å². The summed E-state index contributed by atoms with van der Waals surface area (Å²) in [5.41, 5.74) is 7.04. The fourth-order valence-corrected chi connectivity index (χ4v) is 4.23. The fraction of sp³-hybridized carbons (Fsp3) is 0.375. The van der Waals surface area contributed by atoms with Crippen LogP contribution >= 0.6 is 0 Å². The summed E-state index contributed by atoms with van der Waals surface area (Å²) < 4.78 is 0. The van der Waals surface area contributed by atoms with Crippen molar-refractivity contribution < 1.29 is 4.79 Å². The molecule has 1 amide bonds. The predicted molar refractivity (Wildman–Crippen MR) is 114 cm³/mol. The van der Waals surface area contributed by atoms with E-state index in [4.69, 9.17) is 0 Å². The highest BCUT2D eigenvalue weighted by atomic mass is 16.1. The fourth-order valence-electron chi connectivity index (χ4n) is 4.23. The highest BCUT2D eigenvalue weighted by Gasteiger charge is 2.20. The minimum Gasteiger partial charge on any atom is -0.358 e. The second kappa shape index (κ2) is 7.80. The minimum atomic E-state index is -0.0136. The molecule has 0 aliphatic heterocycles. The van der Waals surface area contributed by atoms with Crippen molar-refractivity contribution in [3.05, 3.63) is 70.4 Å². The molecule has 3 aromatic rings. The monoisotopic (exact) mass is 375 g/mol. The molecule has 1 aromatic heterocycles. The van der Waals surface area contributed by atoms with Gasteiger partial charge in [0.05, 0.1) is 0 Å². The molecule has 28 heavy (non-hydrogen) atoms. The smallest absolute Gasteiger partial charge is 0.251 e. The summed E-state index contributed by atoms with van der Waals surface area (Å²) in [5, 5.41) is 4.32. The van der Waals surface area contributed by atoms with E-state index in [1.807, 2.05) is 24.3 Å². The van der Waals surface area contributed by atoms with Gasteiger partial charge in [0, 0.05) is 35.2 Å². The zero-order valence-corrected chi connectivity index (χ0v) is 17.0. The summed E-state index contributed by atoms with van der Waals surface area (Å²) in [6, 6.07) is 14.3. The molecular weight excluding hydrogens is 346 g/mol. The van der Waals surface area contributed by atoms with E-state index in [1.165, 1.54) is 34.2 Å². The second-order valence-corrected chi connectivity index (χ2v) is 8.38. The summed E-state index contributed by atoms with van der Waals surface area (Å²) in [7, 11) is 4.12. The number of amides is 1. The first kappa shape index (κ1) is 18.8. The Hall–Kier alpha value is -2.59. The number of aromatic nitrogens is 1. The number of carbonyl (C=O) groups is 1. The van der Waals surface area contributed by atoms with Gasteiger partial charge in [-0.15, -0.1) is 0 Å². The molecule has 0 saturated carbocycles. The molecule has 1 atom stereocenters. The number of nitrogens with zero attached hydrogens (tertiary/aromatic N) is 1. The van der Waals surface area contributed by atoms with Gasteiger partial charge in [0.1, 0.15) is 0 Å². The molecule has 0 radical (unpaired) electrons. The maximum Gasteiger partial charge on any atom is 0.251 e. The van der Waals surface area contributed by atoms with Crippen molar-refractivity contribution in [1.82, 2.24) is 15.2 Å². The quantitative estimate of drug-likeness (QED) is 0.699. The molecular formula is C24H29N3O. The van der Waals surface area contributed by atoms with Crippen LogP contribution in [0, 0.1) is 5.92 Å². The maximum absolute atomic E-state index is 12.8.